The van der Waals surface area contributed by atoms with Gasteiger partial charge in [-0.2, -0.15) is 13.2 Å². The maximum atomic E-state index is 12.6. The zero-order valence-corrected chi connectivity index (χ0v) is 9.53. The number of rotatable bonds is 1. The molecule has 0 fully saturated rings. The monoisotopic (exact) mass is 253 g/mol. The maximum Gasteiger partial charge on any atom is 0.416 e. The Morgan fingerprint density at radius 1 is 1.17 bits per heavy atom. The Labute approximate surface area is 101 Å². The summed E-state index contributed by atoms with van der Waals surface area (Å²) in [6, 6.07) is 6.08. The van der Waals surface area contributed by atoms with Crippen molar-refractivity contribution in [1.29, 1.82) is 0 Å². The maximum absolute atomic E-state index is 12.6. The van der Waals surface area contributed by atoms with Crippen LogP contribution in [0.1, 0.15) is 5.56 Å². The van der Waals surface area contributed by atoms with Crippen LogP contribution in [0, 0.1) is 0 Å². The van der Waals surface area contributed by atoms with Crippen LogP contribution in [-0.4, -0.2) is 4.57 Å². The Morgan fingerprint density at radius 3 is 2.56 bits per heavy atom. The molecule has 0 spiro atoms. The van der Waals surface area contributed by atoms with E-state index in [9.17, 15) is 18.0 Å². The first-order valence-electron chi connectivity index (χ1n) is 5.22. The molecule has 2 aromatic rings. The third kappa shape index (κ3) is 2.45. The van der Waals surface area contributed by atoms with Crippen LogP contribution in [0.2, 0.25) is 0 Å². The Balaban J connectivity index is 2.58. The smallest absolute Gasteiger partial charge is 0.356 e. The molecule has 1 heterocycles. The van der Waals surface area contributed by atoms with Gasteiger partial charge in [-0.1, -0.05) is 12.1 Å². The molecular weight excluding hydrogens is 243 g/mol. The van der Waals surface area contributed by atoms with Gasteiger partial charge in [-0.25, -0.2) is 0 Å². The molecule has 0 N–H and O–H groups in total. The molecule has 0 saturated heterocycles. The fraction of sp³-hybridized carbons (Fsp3) is 0.154. The van der Waals surface area contributed by atoms with Crippen LogP contribution >= 0.6 is 0 Å². The summed E-state index contributed by atoms with van der Waals surface area (Å²) >= 11 is 0. The van der Waals surface area contributed by atoms with Gasteiger partial charge in [-0.05, 0) is 17.7 Å². The van der Waals surface area contributed by atoms with Crippen LogP contribution in [0.15, 0.2) is 47.5 Å². The van der Waals surface area contributed by atoms with E-state index >= 15 is 0 Å². The molecule has 18 heavy (non-hydrogen) atoms. The Hall–Kier alpha value is -2.04. The number of hydrogen-bond acceptors (Lipinski definition) is 1. The molecule has 1 aromatic carbocycles. The third-order valence-corrected chi connectivity index (χ3v) is 2.56. The third-order valence-electron chi connectivity index (χ3n) is 2.56. The highest BCUT2D eigenvalue weighted by Gasteiger charge is 2.30. The number of nitrogens with zero attached hydrogens (tertiary/aromatic N) is 1. The molecule has 2 rings (SSSR count). The highest BCUT2D eigenvalue weighted by molar-refractivity contribution is 5.63. The van der Waals surface area contributed by atoms with Gasteiger partial charge in [0.15, 0.2) is 5.43 Å². The molecule has 0 radical (unpaired) electrons. The predicted molar refractivity (Wildman–Crippen MR) is 62.1 cm³/mol. The fourth-order valence-electron chi connectivity index (χ4n) is 1.67. The summed E-state index contributed by atoms with van der Waals surface area (Å²) in [4.78, 5) is 11.6. The molecule has 94 valence electrons. The highest BCUT2D eigenvalue weighted by atomic mass is 19.4. The first-order valence-corrected chi connectivity index (χ1v) is 5.22. The van der Waals surface area contributed by atoms with Gasteiger partial charge in [0.2, 0.25) is 0 Å². The Bertz CT molecular complexity index is 629. The molecule has 1 aromatic heterocycles. The van der Waals surface area contributed by atoms with E-state index in [0.717, 1.165) is 12.1 Å². The van der Waals surface area contributed by atoms with Crippen molar-refractivity contribution < 1.29 is 13.2 Å². The van der Waals surface area contributed by atoms with Crippen molar-refractivity contribution in [2.75, 3.05) is 0 Å². The molecular formula is C13H10F3NO. The van der Waals surface area contributed by atoms with Crippen LogP contribution in [0.4, 0.5) is 13.2 Å². The first kappa shape index (κ1) is 12.4. The van der Waals surface area contributed by atoms with Crippen LogP contribution in [0.25, 0.3) is 11.1 Å². The SMILES string of the molecule is Cn1ccc(=O)c(-c2cccc(C(F)(F)F)c2)c1. The van der Waals surface area contributed by atoms with Gasteiger partial charge < -0.3 is 4.57 Å². The summed E-state index contributed by atoms with van der Waals surface area (Å²) < 4.78 is 39.4. The van der Waals surface area contributed by atoms with Crippen LogP contribution < -0.4 is 5.43 Å². The molecule has 5 heteroatoms. The molecule has 0 aliphatic rings. The van der Waals surface area contributed by atoms with E-state index in [4.69, 9.17) is 0 Å². The minimum absolute atomic E-state index is 0.256. The molecule has 0 unspecified atom stereocenters. The van der Waals surface area contributed by atoms with Crippen molar-refractivity contribution >= 4 is 0 Å². The largest absolute Gasteiger partial charge is 0.416 e. The van der Waals surface area contributed by atoms with Crippen LogP contribution in [0.3, 0.4) is 0 Å². The number of benzene rings is 1. The van der Waals surface area contributed by atoms with Crippen molar-refractivity contribution in [1.82, 2.24) is 4.57 Å². The van der Waals surface area contributed by atoms with E-state index in [2.05, 4.69) is 0 Å². The summed E-state index contributed by atoms with van der Waals surface area (Å²) in [5, 5.41) is 0. The van der Waals surface area contributed by atoms with Gasteiger partial charge in [-0.3, -0.25) is 4.79 Å². The lowest BCUT2D eigenvalue weighted by atomic mass is 10.0. The zero-order valence-electron chi connectivity index (χ0n) is 9.53. The molecule has 0 aliphatic carbocycles. The van der Waals surface area contributed by atoms with Crippen molar-refractivity contribution in [2.24, 2.45) is 7.05 Å². The van der Waals surface area contributed by atoms with Crippen LogP contribution in [0.5, 0.6) is 0 Å². The van der Waals surface area contributed by atoms with E-state index in [1.807, 2.05) is 0 Å². The summed E-state index contributed by atoms with van der Waals surface area (Å²) in [6.45, 7) is 0. The lowest BCUT2D eigenvalue weighted by Gasteiger charge is -2.09. The lowest BCUT2D eigenvalue weighted by molar-refractivity contribution is -0.137. The molecule has 0 saturated carbocycles. The van der Waals surface area contributed by atoms with Gasteiger partial charge >= 0.3 is 6.18 Å². The minimum atomic E-state index is -4.41. The number of pyridine rings is 1. The fourth-order valence-corrected chi connectivity index (χ4v) is 1.67. The number of aromatic nitrogens is 1. The van der Waals surface area contributed by atoms with Crippen LogP contribution in [-0.2, 0) is 13.2 Å². The molecule has 0 amide bonds. The first-order chi connectivity index (χ1) is 8.38. The van der Waals surface area contributed by atoms with Gasteiger partial charge in [0.1, 0.15) is 0 Å². The van der Waals surface area contributed by atoms with E-state index in [0.29, 0.717) is 0 Å². The lowest BCUT2D eigenvalue weighted by Crippen LogP contribution is -2.08. The number of hydrogen-bond donors (Lipinski definition) is 0. The van der Waals surface area contributed by atoms with Gasteiger partial charge in [0.05, 0.1) is 5.56 Å². The molecule has 0 aliphatic heterocycles. The molecule has 0 atom stereocenters. The number of aryl methyl sites for hydroxylation is 1. The second-order valence-corrected chi connectivity index (χ2v) is 3.97. The van der Waals surface area contributed by atoms with E-state index in [1.165, 1.54) is 24.4 Å². The van der Waals surface area contributed by atoms with Gasteiger partial charge in [0, 0.05) is 31.1 Å². The summed E-state index contributed by atoms with van der Waals surface area (Å²) in [5.74, 6) is 0. The number of halogens is 3. The van der Waals surface area contributed by atoms with Crippen molar-refractivity contribution in [3.8, 4) is 11.1 Å². The normalized spacial score (nSPS) is 11.6. The quantitative estimate of drug-likeness (QED) is 0.765. The van der Waals surface area contributed by atoms with Crippen molar-refractivity contribution in [3.05, 3.63) is 58.5 Å². The van der Waals surface area contributed by atoms with Gasteiger partial charge in [-0.15, -0.1) is 0 Å². The Morgan fingerprint density at radius 2 is 1.89 bits per heavy atom. The minimum Gasteiger partial charge on any atom is -0.356 e. The van der Waals surface area contributed by atoms with E-state index < -0.39 is 11.7 Å². The highest BCUT2D eigenvalue weighted by Crippen LogP contribution is 2.31. The predicted octanol–water partition coefficient (Wildman–Crippen LogP) is 3.07. The summed E-state index contributed by atoms with van der Waals surface area (Å²) in [7, 11) is 1.70. The average Bonchev–Trinajstić information content (AvgIpc) is 2.31. The summed E-state index contributed by atoms with van der Waals surface area (Å²) in [5.41, 5.74) is -0.532. The second kappa shape index (κ2) is 4.33. The summed E-state index contributed by atoms with van der Waals surface area (Å²) in [6.07, 6.45) is -1.34. The van der Waals surface area contributed by atoms with E-state index in [1.54, 1.807) is 17.8 Å². The van der Waals surface area contributed by atoms with E-state index in [-0.39, 0.29) is 16.6 Å². The van der Waals surface area contributed by atoms with Crippen molar-refractivity contribution in [3.63, 3.8) is 0 Å². The molecule has 0 bridgehead atoms. The zero-order chi connectivity index (χ0) is 13.3. The standard InChI is InChI=1S/C13H10F3NO/c1-17-6-5-12(18)11(8-17)9-3-2-4-10(7-9)13(14,15)16/h2-8H,1H3. The van der Waals surface area contributed by atoms with Crippen molar-refractivity contribution in [2.45, 2.75) is 6.18 Å². The molecule has 2 nitrogen and oxygen atoms in total. The Kier molecular flexibility index (Phi) is 2.98. The average molecular weight is 253 g/mol. The number of alkyl halides is 3. The van der Waals surface area contributed by atoms with Gasteiger partial charge in [0.25, 0.3) is 0 Å². The topological polar surface area (TPSA) is 22.0 Å². The second-order valence-electron chi connectivity index (χ2n) is 3.97.